The molecule has 1 spiro atoms. The van der Waals surface area contributed by atoms with Crippen LogP contribution in [-0.4, -0.2) is 65.4 Å². The maximum Gasteiger partial charge on any atom is 0.261 e. The number of phenolic OH excluding ortho intramolecular Hbond substituents is 1. The number of nitrogens with one attached hydrogen (secondary N) is 2. The number of benzene rings is 3. The van der Waals surface area contributed by atoms with Gasteiger partial charge in [0, 0.05) is 35.9 Å². The number of hydrogen-bond acceptors (Lipinski definition) is 8. The van der Waals surface area contributed by atoms with E-state index in [0.717, 1.165) is 29.8 Å². The number of aromatic hydroxyl groups is 1. The normalized spacial score (nSPS) is 28.3. The Hall–Kier alpha value is -4.06. The Morgan fingerprint density at radius 1 is 1.02 bits per heavy atom. The number of carbonyl (C=O) groups is 1. The zero-order valence-electron chi connectivity index (χ0n) is 24.8. The van der Waals surface area contributed by atoms with Crippen LogP contribution in [0.25, 0.3) is 0 Å². The Bertz CT molecular complexity index is 1870. The topological polar surface area (TPSA) is 148 Å². The second-order valence-electron chi connectivity index (χ2n) is 13.2. The quantitative estimate of drug-likeness (QED) is 0.262. The van der Waals surface area contributed by atoms with Crippen LogP contribution in [0.5, 0.6) is 11.5 Å². The summed E-state index contributed by atoms with van der Waals surface area (Å²) in [6.07, 6.45) is 2.35. The van der Waals surface area contributed by atoms with Crippen LogP contribution < -0.4 is 14.8 Å². The predicted molar refractivity (Wildman–Crippen MR) is 167 cm³/mol. The molecule has 1 saturated heterocycles. The summed E-state index contributed by atoms with van der Waals surface area (Å²) < 4.78 is 34.4. The van der Waals surface area contributed by atoms with Crippen LogP contribution in [0.1, 0.15) is 42.4 Å². The number of carbonyl (C=O) groups excluding carboxylic acids is 1. The van der Waals surface area contributed by atoms with Gasteiger partial charge in [0.2, 0.25) is 0 Å². The highest BCUT2D eigenvalue weighted by atomic mass is 32.2. The third-order valence-electron chi connectivity index (χ3n) is 10.5. The lowest BCUT2D eigenvalue weighted by Gasteiger charge is -2.62. The molecule has 10 nitrogen and oxygen atoms in total. The molecule has 2 bridgehead atoms. The van der Waals surface area contributed by atoms with Gasteiger partial charge >= 0.3 is 0 Å². The summed E-state index contributed by atoms with van der Waals surface area (Å²) in [5.41, 5.74) is 1.06. The molecule has 2 heterocycles. The highest BCUT2D eigenvalue weighted by Crippen LogP contribution is 2.66. The molecule has 5 aliphatic rings. The molecule has 3 aromatic rings. The van der Waals surface area contributed by atoms with Gasteiger partial charge in [-0.25, -0.2) is 8.42 Å². The molecule has 5 N–H and O–H groups in total. The second-order valence-corrected chi connectivity index (χ2v) is 14.9. The van der Waals surface area contributed by atoms with Crippen molar-refractivity contribution in [3.63, 3.8) is 0 Å². The summed E-state index contributed by atoms with van der Waals surface area (Å²) in [5.74, 6) is 0.0230. The van der Waals surface area contributed by atoms with Gasteiger partial charge in [-0.1, -0.05) is 23.8 Å². The average Bonchev–Trinajstić information content (AvgIpc) is 3.75. The molecule has 234 valence electrons. The van der Waals surface area contributed by atoms with Crippen LogP contribution in [-0.2, 0) is 26.7 Å². The molecule has 11 heteroatoms. The predicted octanol–water partition coefficient (Wildman–Crippen LogP) is 4.13. The van der Waals surface area contributed by atoms with E-state index < -0.39 is 33.1 Å². The lowest BCUT2D eigenvalue weighted by Crippen LogP contribution is -2.75. The molecule has 2 aliphatic heterocycles. The molecule has 1 amide bonds. The Balaban J connectivity index is 1.09. The van der Waals surface area contributed by atoms with Crippen LogP contribution in [0.2, 0.25) is 0 Å². The van der Waals surface area contributed by atoms with E-state index in [9.17, 15) is 28.5 Å². The minimum absolute atomic E-state index is 0.0382. The number of aliphatic hydroxyl groups excluding tert-OH is 1. The molecular formula is C34H35N3O7S. The lowest BCUT2D eigenvalue weighted by atomic mass is 9.49. The fraction of sp³-hybridized carbons (Fsp3) is 0.382. The van der Waals surface area contributed by atoms with E-state index in [1.54, 1.807) is 42.5 Å². The largest absolute Gasteiger partial charge is 0.508 e. The number of nitrogens with zero attached hydrogens (tertiary/aromatic N) is 1. The number of amides is 1. The first kappa shape index (κ1) is 28.4. The number of aliphatic hydroxyl groups is 2. The van der Waals surface area contributed by atoms with E-state index in [0.29, 0.717) is 30.1 Å². The van der Waals surface area contributed by atoms with Gasteiger partial charge in [0.1, 0.15) is 5.76 Å². The second kappa shape index (κ2) is 9.72. The number of anilines is 2. The Labute approximate surface area is 261 Å². The number of likely N-dealkylation sites (tertiary alicyclic amines) is 1. The lowest BCUT2D eigenvalue weighted by molar-refractivity contribution is -0.172. The maximum absolute atomic E-state index is 13.8. The number of rotatable bonds is 7. The molecule has 8 rings (SSSR count). The van der Waals surface area contributed by atoms with E-state index in [-0.39, 0.29) is 40.2 Å². The number of hydrogen-bond donors (Lipinski definition) is 5. The summed E-state index contributed by atoms with van der Waals surface area (Å²) in [4.78, 5) is 16.3. The van der Waals surface area contributed by atoms with Gasteiger partial charge in [-0.15, -0.1) is 0 Å². The summed E-state index contributed by atoms with van der Waals surface area (Å²) in [6.45, 7) is 3.49. The molecule has 1 saturated carbocycles. The Morgan fingerprint density at radius 3 is 2.44 bits per heavy atom. The van der Waals surface area contributed by atoms with Gasteiger partial charge in [0.05, 0.1) is 21.5 Å². The summed E-state index contributed by atoms with van der Waals surface area (Å²) in [7, 11) is -3.79. The first-order valence-corrected chi connectivity index (χ1v) is 16.9. The minimum atomic E-state index is -3.79. The van der Waals surface area contributed by atoms with Crippen LogP contribution in [0.3, 0.4) is 0 Å². The fourth-order valence-electron chi connectivity index (χ4n) is 8.13. The van der Waals surface area contributed by atoms with Crippen LogP contribution in [0, 0.1) is 12.8 Å². The van der Waals surface area contributed by atoms with Gasteiger partial charge in [-0.2, -0.15) is 0 Å². The van der Waals surface area contributed by atoms with E-state index in [1.165, 1.54) is 25.0 Å². The molecule has 0 radical (unpaired) electrons. The number of aryl methyl sites for hydroxylation is 1. The van der Waals surface area contributed by atoms with Gasteiger partial charge in [0.25, 0.3) is 15.9 Å². The molecule has 2 fully saturated rings. The molecule has 0 aromatic heterocycles. The van der Waals surface area contributed by atoms with Crippen molar-refractivity contribution in [1.29, 1.82) is 0 Å². The summed E-state index contributed by atoms with van der Waals surface area (Å²) in [5, 5.41) is 38.0. The van der Waals surface area contributed by atoms with Crippen molar-refractivity contribution < 1.29 is 33.3 Å². The van der Waals surface area contributed by atoms with Gasteiger partial charge < -0.3 is 25.4 Å². The third-order valence-corrected chi connectivity index (χ3v) is 11.9. The molecule has 3 aliphatic carbocycles. The summed E-state index contributed by atoms with van der Waals surface area (Å²) in [6, 6.07) is 16.0. The molecular weight excluding hydrogens is 594 g/mol. The van der Waals surface area contributed by atoms with Crippen molar-refractivity contribution in [2.45, 2.75) is 67.1 Å². The highest BCUT2D eigenvalue weighted by molar-refractivity contribution is 7.92. The summed E-state index contributed by atoms with van der Waals surface area (Å²) >= 11 is 0. The Kier molecular flexibility index (Phi) is 6.14. The van der Waals surface area contributed by atoms with Gasteiger partial charge in [0.15, 0.2) is 17.6 Å². The van der Waals surface area contributed by atoms with E-state index in [1.807, 2.05) is 13.0 Å². The molecule has 3 aromatic carbocycles. The van der Waals surface area contributed by atoms with E-state index in [2.05, 4.69) is 14.9 Å². The first-order valence-electron chi connectivity index (χ1n) is 15.4. The molecule has 0 unspecified atom stereocenters. The smallest absolute Gasteiger partial charge is 0.261 e. The zero-order valence-corrected chi connectivity index (χ0v) is 25.6. The van der Waals surface area contributed by atoms with E-state index >= 15 is 0 Å². The highest BCUT2D eigenvalue weighted by Gasteiger charge is 2.73. The average molecular weight is 630 g/mol. The SMILES string of the molecule is Cc1ccc(S(=O)(=O)Nc2ccc(NC(=O)C3=C(O)[C@@H]4Oc5c(O)ccc6c5[C@@]45CCN(CC4CC4)[C@H](C6)[C@]5(O)C3)cc2)cc1. The number of piperidine rings is 1. The van der Waals surface area contributed by atoms with Crippen molar-refractivity contribution >= 4 is 27.3 Å². The minimum Gasteiger partial charge on any atom is -0.508 e. The first-order chi connectivity index (χ1) is 21.5. The van der Waals surface area contributed by atoms with Crippen molar-refractivity contribution in [1.82, 2.24) is 4.90 Å². The van der Waals surface area contributed by atoms with Crippen molar-refractivity contribution in [3.05, 3.63) is 88.7 Å². The van der Waals surface area contributed by atoms with Crippen LogP contribution in [0.15, 0.2) is 76.9 Å². The molecule has 4 atom stereocenters. The van der Waals surface area contributed by atoms with Crippen LogP contribution >= 0.6 is 0 Å². The standard InChI is InChI=1S/C34H35N3O7S/c1-19-2-11-24(12-3-19)45(42,43)36-23-9-7-22(8-10-23)35-32(40)25-17-34(41)27-16-21-6-13-26(38)30-28(21)33(34,31(44-30)29(25)39)14-15-37(27)18-20-4-5-20/h2-3,6-13,20,27,31,36,38-39,41H,4-5,14-18H2,1H3,(H,35,40)/t27-,31+,33+,34-/m1/s1. The van der Waals surface area contributed by atoms with Gasteiger partial charge in [-0.05, 0) is 93.1 Å². The van der Waals surface area contributed by atoms with Crippen molar-refractivity contribution in [2.24, 2.45) is 5.92 Å². The maximum atomic E-state index is 13.8. The third kappa shape index (κ3) is 4.20. The van der Waals surface area contributed by atoms with E-state index in [4.69, 9.17) is 4.74 Å². The monoisotopic (exact) mass is 629 g/mol. The zero-order chi connectivity index (χ0) is 31.3. The number of phenols is 1. The van der Waals surface area contributed by atoms with Gasteiger partial charge in [-0.3, -0.25) is 14.4 Å². The fourth-order valence-corrected chi connectivity index (χ4v) is 9.19. The van der Waals surface area contributed by atoms with Crippen LogP contribution in [0.4, 0.5) is 11.4 Å². The molecule has 45 heavy (non-hydrogen) atoms. The Morgan fingerprint density at radius 2 is 1.73 bits per heavy atom. The van der Waals surface area contributed by atoms with Crippen molar-refractivity contribution in [2.75, 3.05) is 23.1 Å². The number of sulfonamides is 1. The number of ether oxygens (including phenoxy) is 1. The van der Waals surface area contributed by atoms with Crippen molar-refractivity contribution in [3.8, 4) is 11.5 Å².